The Bertz CT molecular complexity index is 563. The number of halogens is 2. The smallest absolute Gasteiger partial charge is 0.259 e. The van der Waals surface area contributed by atoms with Crippen LogP contribution < -0.4 is 10.1 Å². The molecular weight excluding hydrogens is 278 g/mol. The number of carbonyl (C=O) groups is 1. The molecule has 0 aliphatic heterocycles. The number of nitriles is 1. The summed E-state index contributed by atoms with van der Waals surface area (Å²) in [4.78, 5) is 11.8. The van der Waals surface area contributed by atoms with E-state index in [1.807, 2.05) is 0 Å². The number of hydrogen-bond donors (Lipinski definition) is 1. The second-order valence-corrected chi connectivity index (χ2v) is 5.17. The molecule has 1 saturated carbocycles. The second-order valence-electron chi connectivity index (χ2n) is 5.17. The van der Waals surface area contributed by atoms with Gasteiger partial charge in [-0.25, -0.2) is 8.78 Å². The summed E-state index contributed by atoms with van der Waals surface area (Å²) in [7, 11) is 0. The van der Waals surface area contributed by atoms with Gasteiger partial charge in [0.05, 0.1) is 6.07 Å². The lowest BCUT2D eigenvalue weighted by atomic mass is 9.83. The van der Waals surface area contributed by atoms with Crippen LogP contribution in [-0.2, 0) is 4.79 Å². The van der Waals surface area contributed by atoms with Crippen molar-refractivity contribution in [3.05, 3.63) is 29.8 Å². The average molecular weight is 294 g/mol. The van der Waals surface area contributed by atoms with Crippen LogP contribution in [0.5, 0.6) is 5.75 Å². The molecular formula is C15H16F2N2O2. The highest BCUT2D eigenvalue weighted by atomic mass is 19.2. The summed E-state index contributed by atoms with van der Waals surface area (Å²) in [6.07, 6.45) is 4.11. The van der Waals surface area contributed by atoms with Gasteiger partial charge in [-0.15, -0.1) is 0 Å². The molecule has 0 unspecified atom stereocenters. The Balaban J connectivity index is 1.89. The van der Waals surface area contributed by atoms with Gasteiger partial charge in [0.1, 0.15) is 11.3 Å². The van der Waals surface area contributed by atoms with E-state index < -0.39 is 23.1 Å². The zero-order chi connectivity index (χ0) is 15.3. The molecule has 1 aromatic carbocycles. The van der Waals surface area contributed by atoms with Crippen molar-refractivity contribution in [3.63, 3.8) is 0 Å². The van der Waals surface area contributed by atoms with Crippen molar-refractivity contribution in [2.75, 3.05) is 6.61 Å². The second kappa shape index (κ2) is 6.53. The molecule has 4 nitrogen and oxygen atoms in total. The highest BCUT2D eigenvalue weighted by Crippen LogP contribution is 2.27. The average Bonchev–Trinajstić information content (AvgIpc) is 2.49. The fourth-order valence-corrected chi connectivity index (χ4v) is 2.44. The molecule has 1 aromatic rings. The van der Waals surface area contributed by atoms with Crippen LogP contribution in [-0.4, -0.2) is 18.1 Å². The number of amides is 1. The van der Waals surface area contributed by atoms with Gasteiger partial charge in [-0.05, 0) is 25.0 Å². The lowest BCUT2D eigenvalue weighted by Gasteiger charge is -2.31. The van der Waals surface area contributed by atoms with Crippen molar-refractivity contribution in [3.8, 4) is 11.8 Å². The highest BCUT2D eigenvalue weighted by molar-refractivity contribution is 5.78. The van der Waals surface area contributed by atoms with Crippen molar-refractivity contribution >= 4 is 5.91 Å². The molecule has 1 amide bonds. The minimum atomic E-state index is -1.03. The third-order valence-electron chi connectivity index (χ3n) is 3.56. The third kappa shape index (κ3) is 3.91. The standard InChI is InChI=1S/C15H16F2N2O2/c16-12-5-4-11(8-13(12)17)21-9-14(20)19-15(10-18)6-2-1-3-7-15/h4-5,8H,1-3,6-7,9H2,(H,19,20). The molecule has 1 N–H and O–H groups in total. The Labute approximate surface area is 121 Å². The van der Waals surface area contributed by atoms with Gasteiger partial charge in [-0.1, -0.05) is 19.3 Å². The van der Waals surface area contributed by atoms with Gasteiger partial charge in [0, 0.05) is 6.07 Å². The molecule has 1 aliphatic carbocycles. The number of nitrogens with one attached hydrogen (secondary N) is 1. The first-order chi connectivity index (χ1) is 10.0. The van der Waals surface area contributed by atoms with Crippen molar-refractivity contribution in [2.24, 2.45) is 0 Å². The Morgan fingerprint density at radius 3 is 2.62 bits per heavy atom. The summed E-state index contributed by atoms with van der Waals surface area (Å²) >= 11 is 0. The number of hydrogen-bond acceptors (Lipinski definition) is 3. The fraction of sp³-hybridized carbons (Fsp3) is 0.467. The maximum atomic E-state index is 13.0. The molecule has 0 atom stereocenters. The number of benzene rings is 1. The van der Waals surface area contributed by atoms with Crippen molar-refractivity contribution in [1.82, 2.24) is 5.32 Å². The minimum Gasteiger partial charge on any atom is -0.484 e. The zero-order valence-corrected chi connectivity index (χ0v) is 11.5. The molecule has 0 radical (unpaired) electrons. The zero-order valence-electron chi connectivity index (χ0n) is 11.5. The molecule has 0 aromatic heterocycles. The molecule has 0 spiro atoms. The largest absolute Gasteiger partial charge is 0.484 e. The van der Waals surface area contributed by atoms with Crippen LogP contribution >= 0.6 is 0 Å². The quantitative estimate of drug-likeness (QED) is 0.928. The fourth-order valence-electron chi connectivity index (χ4n) is 2.44. The number of rotatable bonds is 4. The van der Waals surface area contributed by atoms with E-state index >= 15 is 0 Å². The maximum absolute atomic E-state index is 13.0. The monoisotopic (exact) mass is 294 g/mol. The summed E-state index contributed by atoms with van der Waals surface area (Å²) in [5, 5.41) is 11.9. The molecule has 1 aliphatic rings. The van der Waals surface area contributed by atoms with Gasteiger partial charge in [0.15, 0.2) is 18.2 Å². The van der Waals surface area contributed by atoms with Crippen molar-refractivity contribution < 1.29 is 18.3 Å². The van der Waals surface area contributed by atoms with E-state index in [1.54, 1.807) is 0 Å². The van der Waals surface area contributed by atoms with E-state index in [0.29, 0.717) is 12.8 Å². The van der Waals surface area contributed by atoms with Crippen LogP contribution in [0.25, 0.3) is 0 Å². The maximum Gasteiger partial charge on any atom is 0.259 e. The van der Waals surface area contributed by atoms with Crippen LogP contribution in [0.3, 0.4) is 0 Å². The first kappa shape index (κ1) is 15.2. The van der Waals surface area contributed by atoms with Crippen LogP contribution in [0, 0.1) is 23.0 Å². The van der Waals surface area contributed by atoms with Crippen LogP contribution in [0.2, 0.25) is 0 Å². The highest BCUT2D eigenvalue weighted by Gasteiger charge is 2.33. The summed E-state index contributed by atoms with van der Waals surface area (Å²) < 4.78 is 30.9. The molecule has 6 heteroatoms. The molecule has 112 valence electrons. The number of ether oxygens (including phenoxy) is 1. The third-order valence-corrected chi connectivity index (χ3v) is 3.56. The predicted octanol–water partition coefficient (Wildman–Crippen LogP) is 2.69. The van der Waals surface area contributed by atoms with Gasteiger partial charge in [-0.2, -0.15) is 5.26 Å². The molecule has 21 heavy (non-hydrogen) atoms. The molecule has 1 fully saturated rings. The Hall–Kier alpha value is -2.16. The Morgan fingerprint density at radius 2 is 2.00 bits per heavy atom. The van der Waals surface area contributed by atoms with E-state index in [-0.39, 0.29) is 12.4 Å². The molecule has 0 saturated heterocycles. The normalized spacial score (nSPS) is 16.8. The van der Waals surface area contributed by atoms with Crippen LogP contribution in [0.4, 0.5) is 8.78 Å². The van der Waals surface area contributed by atoms with Gasteiger partial charge in [0.2, 0.25) is 0 Å². The molecule has 0 heterocycles. The van der Waals surface area contributed by atoms with Crippen molar-refractivity contribution in [1.29, 1.82) is 5.26 Å². The summed E-state index contributed by atoms with van der Waals surface area (Å²) in [5.74, 6) is -2.38. The topological polar surface area (TPSA) is 62.1 Å². The van der Waals surface area contributed by atoms with E-state index in [0.717, 1.165) is 31.4 Å². The van der Waals surface area contributed by atoms with Crippen molar-refractivity contribution in [2.45, 2.75) is 37.6 Å². The SMILES string of the molecule is N#CC1(NC(=O)COc2ccc(F)c(F)c2)CCCCC1. The van der Waals surface area contributed by atoms with Crippen LogP contribution in [0.15, 0.2) is 18.2 Å². The van der Waals surface area contributed by atoms with Crippen LogP contribution in [0.1, 0.15) is 32.1 Å². The van der Waals surface area contributed by atoms with E-state index in [1.165, 1.54) is 6.07 Å². The van der Waals surface area contributed by atoms with E-state index in [2.05, 4.69) is 11.4 Å². The lowest BCUT2D eigenvalue weighted by Crippen LogP contribution is -2.50. The lowest BCUT2D eigenvalue weighted by molar-refractivity contribution is -0.124. The summed E-state index contributed by atoms with van der Waals surface area (Å²) in [6, 6.07) is 5.22. The minimum absolute atomic E-state index is 0.0682. The summed E-state index contributed by atoms with van der Waals surface area (Å²) in [5.41, 5.74) is -0.827. The number of carbonyl (C=O) groups excluding carboxylic acids is 1. The Morgan fingerprint density at radius 1 is 1.29 bits per heavy atom. The predicted molar refractivity (Wildman–Crippen MR) is 71.4 cm³/mol. The van der Waals surface area contributed by atoms with E-state index in [4.69, 9.17) is 4.74 Å². The first-order valence-corrected chi connectivity index (χ1v) is 6.85. The van der Waals surface area contributed by atoms with Gasteiger partial charge >= 0.3 is 0 Å². The van der Waals surface area contributed by atoms with E-state index in [9.17, 15) is 18.8 Å². The van der Waals surface area contributed by atoms with Gasteiger partial charge in [0.25, 0.3) is 5.91 Å². The molecule has 0 bridgehead atoms. The Kier molecular flexibility index (Phi) is 4.73. The van der Waals surface area contributed by atoms with Gasteiger partial charge < -0.3 is 10.1 Å². The molecule has 2 rings (SSSR count). The summed E-state index contributed by atoms with van der Waals surface area (Å²) in [6.45, 7) is -0.339. The number of nitrogens with zero attached hydrogens (tertiary/aromatic N) is 1. The van der Waals surface area contributed by atoms with Gasteiger partial charge in [-0.3, -0.25) is 4.79 Å². The first-order valence-electron chi connectivity index (χ1n) is 6.85.